The molecule has 0 aliphatic carbocycles. The van der Waals surface area contributed by atoms with Gasteiger partial charge in [-0.3, -0.25) is 0 Å². The first kappa shape index (κ1) is 14.1. The molecule has 13 heavy (non-hydrogen) atoms. The summed E-state index contributed by atoms with van der Waals surface area (Å²) in [6.07, 6.45) is 4.33. The number of halogens is 1. The van der Waals surface area contributed by atoms with Gasteiger partial charge < -0.3 is 9.05 Å². The van der Waals surface area contributed by atoms with Gasteiger partial charge in [-0.15, -0.1) is 0 Å². The molecule has 0 bridgehead atoms. The first-order chi connectivity index (χ1) is 6.12. The highest BCUT2D eigenvalue weighted by molar-refractivity contribution is 9.42. The van der Waals surface area contributed by atoms with Crippen molar-refractivity contribution in [2.24, 2.45) is 0 Å². The van der Waals surface area contributed by atoms with E-state index in [4.69, 9.17) is 20.9 Å². The van der Waals surface area contributed by atoms with Gasteiger partial charge in [0, 0.05) is 15.5 Å². The van der Waals surface area contributed by atoms with Gasteiger partial charge in [-0.1, -0.05) is 26.7 Å². The predicted molar refractivity (Wildman–Crippen MR) is 64.9 cm³/mol. The molecule has 80 valence electrons. The summed E-state index contributed by atoms with van der Waals surface area (Å²) in [5.41, 5.74) is 0. The highest BCUT2D eigenvalue weighted by Gasteiger charge is 2.12. The molecule has 0 N–H and O–H groups in total. The molecule has 0 atom stereocenters. The third kappa shape index (κ3) is 9.36. The van der Waals surface area contributed by atoms with Crippen molar-refractivity contribution in [1.82, 2.24) is 0 Å². The van der Waals surface area contributed by atoms with E-state index in [2.05, 4.69) is 29.3 Å². The summed E-state index contributed by atoms with van der Waals surface area (Å²) >= 11 is 8.48. The average Bonchev–Trinajstić information content (AvgIpc) is 2.05. The van der Waals surface area contributed by atoms with E-state index in [1.54, 1.807) is 0 Å². The molecule has 0 saturated heterocycles. The lowest BCUT2D eigenvalue weighted by Crippen LogP contribution is -1.94. The predicted octanol–water partition coefficient (Wildman–Crippen LogP) is 4.24. The van der Waals surface area contributed by atoms with E-state index in [1.807, 2.05) is 0 Å². The Morgan fingerprint density at radius 2 is 1.46 bits per heavy atom. The van der Waals surface area contributed by atoms with Gasteiger partial charge in [0.2, 0.25) is 0 Å². The normalized spacial score (nSPS) is 11.9. The fraction of sp³-hybridized carbons (Fsp3) is 1.00. The molecule has 0 aromatic heterocycles. The molecule has 0 aromatic rings. The van der Waals surface area contributed by atoms with Crippen molar-refractivity contribution in [3.05, 3.63) is 0 Å². The van der Waals surface area contributed by atoms with Crippen molar-refractivity contribution in [2.75, 3.05) is 13.2 Å². The van der Waals surface area contributed by atoms with Crippen LogP contribution in [0.4, 0.5) is 0 Å². The zero-order valence-corrected chi connectivity index (χ0v) is 11.6. The molecule has 0 heterocycles. The van der Waals surface area contributed by atoms with Gasteiger partial charge in [0.05, 0.1) is 13.2 Å². The fourth-order valence-electron chi connectivity index (χ4n) is 0.673. The number of rotatable bonds is 8. The van der Waals surface area contributed by atoms with E-state index in [9.17, 15) is 0 Å². The Kier molecular flexibility index (Phi) is 9.04. The summed E-state index contributed by atoms with van der Waals surface area (Å²) < 4.78 is 10.9. The highest BCUT2D eigenvalue weighted by atomic mass is 79.9. The third-order valence-electron chi connectivity index (χ3n) is 1.49. The first-order valence-corrected chi connectivity index (χ1v) is 9.37. The van der Waals surface area contributed by atoms with E-state index < -0.39 is 5.19 Å². The summed E-state index contributed by atoms with van der Waals surface area (Å²) in [7, 11) is 0. The van der Waals surface area contributed by atoms with Gasteiger partial charge >= 0.3 is 0 Å². The topological polar surface area (TPSA) is 18.5 Å². The number of hydrogen-bond donors (Lipinski definition) is 0. The van der Waals surface area contributed by atoms with Crippen molar-refractivity contribution < 1.29 is 9.05 Å². The molecule has 0 saturated carbocycles. The van der Waals surface area contributed by atoms with Crippen LogP contribution in [0.5, 0.6) is 0 Å². The Morgan fingerprint density at radius 1 is 1.08 bits per heavy atom. The summed E-state index contributed by atoms with van der Waals surface area (Å²) in [6, 6.07) is 0. The van der Waals surface area contributed by atoms with Gasteiger partial charge in [-0.2, -0.15) is 0 Å². The Hall–Kier alpha value is 1.05. The van der Waals surface area contributed by atoms with Crippen molar-refractivity contribution in [3.63, 3.8) is 0 Å². The molecule has 0 rings (SSSR count). The van der Waals surface area contributed by atoms with E-state index in [0.717, 1.165) is 25.7 Å². The lowest BCUT2D eigenvalue weighted by molar-refractivity contribution is 0.254. The van der Waals surface area contributed by atoms with Crippen LogP contribution < -0.4 is 0 Å². The quantitative estimate of drug-likeness (QED) is 0.492. The molecule has 0 aliphatic rings. The maximum atomic E-state index is 5.44. The minimum atomic E-state index is -2.11. The molecule has 0 spiro atoms. The fourth-order valence-corrected chi connectivity index (χ4v) is 2.76. The maximum absolute atomic E-state index is 5.44. The molecule has 5 heteroatoms. The van der Waals surface area contributed by atoms with Crippen LogP contribution in [-0.4, -0.2) is 13.2 Å². The summed E-state index contributed by atoms with van der Waals surface area (Å²) in [4.78, 5) is 0. The summed E-state index contributed by atoms with van der Waals surface area (Å²) in [5.74, 6) is 0. The minimum Gasteiger partial charge on any atom is -0.321 e. The summed E-state index contributed by atoms with van der Waals surface area (Å²) in [6.45, 7) is 5.65. The molecule has 0 aromatic carbocycles. The Morgan fingerprint density at radius 3 is 1.77 bits per heavy atom. The first-order valence-electron chi connectivity index (χ1n) is 4.71. The molecule has 0 radical (unpaired) electrons. The highest BCUT2D eigenvalue weighted by Crippen LogP contribution is 2.56. The molecule has 0 amide bonds. The van der Waals surface area contributed by atoms with Crippen LogP contribution in [0.1, 0.15) is 39.5 Å². The number of unbranched alkanes of at least 4 members (excludes halogenated alkanes) is 2. The Labute approximate surface area is 94.3 Å². The molecule has 0 fully saturated rings. The second-order valence-corrected chi connectivity index (χ2v) is 9.83. The average molecular weight is 289 g/mol. The summed E-state index contributed by atoms with van der Waals surface area (Å²) in [5, 5.41) is -2.11. The molecule has 0 unspecified atom stereocenters. The largest absolute Gasteiger partial charge is 0.321 e. The zero-order valence-electron chi connectivity index (χ0n) is 8.29. The zero-order chi connectivity index (χ0) is 10.2. The van der Waals surface area contributed by atoms with Crippen LogP contribution in [-0.2, 0) is 20.9 Å². The monoisotopic (exact) mass is 288 g/mol. The van der Waals surface area contributed by atoms with Crippen LogP contribution in [0.3, 0.4) is 0 Å². The van der Waals surface area contributed by atoms with Crippen molar-refractivity contribution in [3.8, 4) is 0 Å². The molecule has 0 aliphatic heterocycles. The molecule has 2 nitrogen and oxygen atoms in total. The Balaban J connectivity index is 3.49. The van der Waals surface area contributed by atoms with Crippen molar-refractivity contribution >= 4 is 32.5 Å². The van der Waals surface area contributed by atoms with E-state index >= 15 is 0 Å². The van der Waals surface area contributed by atoms with Crippen LogP contribution in [0.25, 0.3) is 0 Å². The smallest absolute Gasteiger partial charge is 0.255 e. The van der Waals surface area contributed by atoms with E-state index in [1.165, 1.54) is 0 Å². The van der Waals surface area contributed by atoms with Crippen LogP contribution in [0, 0.1) is 0 Å². The lowest BCUT2D eigenvalue weighted by Gasteiger charge is -2.15. The minimum absolute atomic E-state index is 0.700. The molecular weight excluding hydrogens is 271 g/mol. The van der Waals surface area contributed by atoms with Gasteiger partial charge in [0.1, 0.15) is 0 Å². The second kappa shape index (κ2) is 8.37. The van der Waals surface area contributed by atoms with Gasteiger partial charge in [-0.25, -0.2) is 0 Å². The van der Waals surface area contributed by atoms with Gasteiger partial charge in [0.25, 0.3) is 5.19 Å². The van der Waals surface area contributed by atoms with Gasteiger partial charge in [0.15, 0.2) is 0 Å². The maximum Gasteiger partial charge on any atom is 0.255 e. The van der Waals surface area contributed by atoms with Crippen molar-refractivity contribution in [1.29, 1.82) is 0 Å². The SMILES string of the molecule is CCCCOP(=S)(Br)OCCCC. The van der Waals surface area contributed by atoms with Crippen LogP contribution in [0.15, 0.2) is 0 Å². The third-order valence-corrected chi connectivity index (χ3v) is 4.33. The lowest BCUT2D eigenvalue weighted by atomic mass is 10.4. The second-order valence-electron chi connectivity index (χ2n) is 2.80. The van der Waals surface area contributed by atoms with E-state index in [-0.39, 0.29) is 0 Å². The van der Waals surface area contributed by atoms with Crippen LogP contribution >= 0.6 is 20.7 Å². The Bertz CT molecular complexity index is 152. The standard InChI is InChI=1S/C8H18BrO2PS/c1-3-5-7-10-12(9,13)11-8-6-4-2/h3-8H2,1-2H3. The van der Waals surface area contributed by atoms with Crippen LogP contribution in [0.2, 0.25) is 0 Å². The van der Waals surface area contributed by atoms with Gasteiger partial charge in [-0.05, 0) is 24.6 Å². The molecular formula is C8H18BrO2PS. The van der Waals surface area contributed by atoms with E-state index in [0.29, 0.717) is 13.2 Å². The van der Waals surface area contributed by atoms with Crippen molar-refractivity contribution in [2.45, 2.75) is 39.5 Å². The number of hydrogen-bond acceptors (Lipinski definition) is 3.